The fraction of sp³-hybridized carbons (Fsp3) is 0.320. The summed E-state index contributed by atoms with van der Waals surface area (Å²) >= 11 is 0. The smallest absolute Gasteiger partial charge is 0.253 e. The van der Waals surface area contributed by atoms with E-state index in [1.165, 1.54) is 0 Å². The Labute approximate surface area is 192 Å². The van der Waals surface area contributed by atoms with E-state index in [-0.39, 0.29) is 30.4 Å². The predicted molar refractivity (Wildman–Crippen MR) is 122 cm³/mol. The van der Waals surface area contributed by atoms with Gasteiger partial charge in [-0.15, -0.1) is 6.58 Å². The molecule has 1 saturated heterocycles. The zero-order valence-electron chi connectivity index (χ0n) is 18.3. The molecule has 1 fully saturated rings. The van der Waals surface area contributed by atoms with Crippen molar-refractivity contribution >= 4 is 17.7 Å². The lowest BCUT2D eigenvalue weighted by atomic mass is 9.88. The Balaban J connectivity index is 1.41. The van der Waals surface area contributed by atoms with E-state index in [1.54, 1.807) is 53.4 Å². The van der Waals surface area contributed by atoms with Gasteiger partial charge in [0.25, 0.3) is 11.8 Å². The van der Waals surface area contributed by atoms with Crippen LogP contribution in [0.3, 0.4) is 0 Å². The molecule has 2 aliphatic heterocycles. The van der Waals surface area contributed by atoms with Gasteiger partial charge in [-0.05, 0) is 49.1 Å². The number of hydrogen-bond donors (Lipinski definition) is 2. The second-order valence-corrected chi connectivity index (χ2v) is 8.05. The summed E-state index contributed by atoms with van der Waals surface area (Å²) < 4.78 is 10.7. The largest absolute Gasteiger partial charge is 0.454 e. The number of nitrogens with zero attached hydrogens (tertiary/aromatic N) is 1. The number of amides is 3. The second-order valence-electron chi connectivity index (χ2n) is 8.05. The van der Waals surface area contributed by atoms with Gasteiger partial charge < -0.3 is 25.0 Å². The summed E-state index contributed by atoms with van der Waals surface area (Å²) in [7, 11) is 0. The van der Waals surface area contributed by atoms with Crippen molar-refractivity contribution in [2.45, 2.75) is 18.9 Å². The molecule has 0 spiro atoms. The predicted octanol–water partition coefficient (Wildman–Crippen LogP) is 2.37. The van der Waals surface area contributed by atoms with Crippen LogP contribution in [0.5, 0.6) is 11.5 Å². The number of carbonyl (C=O) groups is 3. The first-order valence-electron chi connectivity index (χ1n) is 11.0. The maximum atomic E-state index is 13.0. The molecule has 8 nitrogen and oxygen atoms in total. The van der Waals surface area contributed by atoms with Gasteiger partial charge in [-0.3, -0.25) is 14.4 Å². The highest BCUT2D eigenvalue weighted by molar-refractivity contribution is 5.98. The molecule has 33 heavy (non-hydrogen) atoms. The molecule has 0 radical (unpaired) electrons. The zero-order chi connectivity index (χ0) is 23.2. The van der Waals surface area contributed by atoms with Gasteiger partial charge in [0.2, 0.25) is 12.7 Å². The third-order valence-electron chi connectivity index (χ3n) is 5.94. The lowest BCUT2D eigenvalue weighted by molar-refractivity contribution is -0.124. The summed E-state index contributed by atoms with van der Waals surface area (Å²) in [6, 6.07) is 13.3. The van der Waals surface area contributed by atoms with Gasteiger partial charge in [-0.2, -0.15) is 0 Å². The molecule has 0 aromatic heterocycles. The molecule has 3 amide bonds. The van der Waals surface area contributed by atoms with Crippen LogP contribution in [0.1, 0.15) is 33.6 Å². The summed E-state index contributed by atoms with van der Waals surface area (Å²) in [5, 5.41) is 5.69. The summed E-state index contributed by atoms with van der Waals surface area (Å²) in [6.07, 6.45) is 2.79. The molecule has 172 valence electrons. The molecule has 2 aromatic carbocycles. The first-order valence-corrected chi connectivity index (χ1v) is 11.0. The van der Waals surface area contributed by atoms with Crippen molar-refractivity contribution in [2.24, 2.45) is 5.92 Å². The van der Waals surface area contributed by atoms with Crippen LogP contribution in [0.4, 0.5) is 0 Å². The second kappa shape index (κ2) is 10.2. The molecule has 2 N–H and O–H groups in total. The van der Waals surface area contributed by atoms with Gasteiger partial charge in [-0.25, -0.2) is 0 Å². The van der Waals surface area contributed by atoms with Crippen LogP contribution in [0, 0.1) is 5.92 Å². The first-order chi connectivity index (χ1) is 16.1. The highest BCUT2D eigenvalue weighted by atomic mass is 16.7. The molecule has 8 heteroatoms. The minimum Gasteiger partial charge on any atom is -0.454 e. The monoisotopic (exact) mass is 449 g/mol. The normalized spacial score (nSPS) is 16.1. The molecule has 0 aliphatic carbocycles. The molecule has 4 rings (SSSR count). The maximum Gasteiger partial charge on any atom is 0.253 e. The van der Waals surface area contributed by atoms with E-state index in [9.17, 15) is 14.4 Å². The van der Waals surface area contributed by atoms with Crippen molar-refractivity contribution in [3.8, 4) is 11.5 Å². The maximum absolute atomic E-state index is 13.0. The molecule has 0 saturated carbocycles. The third kappa shape index (κ3) is 5.16. The molecular weight excluding hydrogens is 422 g/mol. The number of likely N-dealkylation sites (tertiary alicyclic amines) is 1. The first kappa shape index (κ1) is 22.4. The van der Waals surface area contributed by atoms with E-state index in [0.717, 1.165) is 0 Å². The molecular formula is C25H27N3O5. The molecule has 0 bridgehead atoms. The quantitative estimate of drug-likeness (QED) is 0.633. The number of fused-ring (bicyclic) bond motifs is 1. The Hall–Kier alpha value is -3.81. The molecule has 2 aromatic rings. The van der Waals surface area contributed by atoms with Crippen molar-refractivity contribution in [2.75, 3.05) is 26.4 Å². The highest BCUT2D eigenvalue weighted by Gasteiger charge is 2.34. The average molecular weight is 450 g/mol. The van der Waals surface area contributed by atoms with Gasteiger partial charge in [0, 0.05) is 30.8 Å². The van der Waals surface area contributed by atoms with Crippen LogP contribution >= 0.6 is 0 Å². The average Bonchev–Trinajstić information content (AvgIpc) is 3.34. The highest BCUT2D eigenvalue weighted by Crippen LogP contribution is 2.33. The van der Waals surface area contributed by atoms with Crippen LogP contribution in [0.15, 0.2) is 61.2 Å². The van der Waals surface area contributed by atoms with E-state index < -0.39 is 6.04 Å². The molecule has 2 aliphatic rings. The van der Waals surface area contributed by atoms with Crippen molar-refractivity contribution in [3.05, 3.63) is 72.3 Å². The topological polar surface area (TPSA) is 97.0 Å². The van der Waals surface area contributed by atoms with E-state index in [1.807, 2.05) is 6.07 Å². The number of rotatable bonds is 7. The Bertz CT molecular complexity index is 1030. The third-order valence-corrected chi connectivity index (χ3v) is 5.94. The van der Waals surface area contributed by atoms with Crippen molar-refractivity contribution < 1.29 is 23.9 Å². The standard InChI is InChI=1S/C25H27N3O5/c1-2-12-26-24(30)22(27-23(29)18-6-4-3-5-7-18)17-10-13-28(14-11-17)25(31)19-8-9-20-21(15-19)33-16-32-20/h2-9,15,17,22H,1,10-14,16H2,(H,26,30)(H,27,29). The summed E-state index contributed by atoms with van der Waals surface area (Å²) in [4.78, 5) is 40.3. The van der Waals surface area contributed by atoms with Crippen LogP contribution in [0.2, 0.25) is 0 Å². The van der Waals surface area contributed by atoms with E-state index in [4.69, 9.17) is 9.47 Å². The van der Waals surface area contributed by atoms with Crippen LogP contribution < -0.4 is 20.1 Å². The fourth-order valence-corrected chi connectivity index (χ4v) is 4.14. The minimum absolute atomic E-state index is 0.0901. The SMILES string of the molecule is C=CCNC(=O)C(NC(=O)c1ccccc1)C1CCN(C(=O)c2ccc3c(c2)OCO3)CC1. The minimum atomic E-state index is -0.694. The van der Waals surface area contributed by atoms with Gasteiger partial charge >= 0.3 is 0 Å². The number of benzene rings is 2. The van der Waals surface area contributed by atoms with Gasteiger partial charge in [0.1, 0.15) is 6.04 Å². The Morgan fingerprint density at radius 2 is 1.76 bits per heavy atom. The fourth-order valence-electron chi connectivity index (χ4n) is 4.14. The molecule has 1 unspecified atom stereocenters. The molecule has 1 atom stereocenters. The summed E-state index contributed by atoms with van der Waals surface area (Å²) in [5.74, 6) is 0.468. The Morgan fingerprint density at radius 3 is 2.48 bits per heavy atom. The van der Waals surface area contributed by atoms with Gasteiger partial charge in [0.15, 0.2) is 11.5 Å². The van der Waals surface area contributed by atoms with E-state index in [2.05, 4.69) is 17.2 Å². The summed E-state index contributed by atoms with van der Waals surface area (Å²) in [6.45, 7) is 5.08. The van der Waals surface area contributed by atoms with Crippen molar-refractivity contribution in [1.29, 1.82) is 0 Å². The lowest BCUT2D eigenvalue weighted by Gasteiger charge is -2.35. The number of hydrogen-bond acceptors (Lipinski definition) is 5. The Kier molecular flexibility index (Phi) is 6.92. The number of carbonyl (C=O) groups excluding carboxylic acids is 3. The van der Waals surface area contributed by atoms with Crippen LogP contribution in [-0.4, -0.2) is 55.1 Å². The lowest BCUT2D eigenvalue weighted by Crippen LogP contribution is -2.53. The summed E-state index contributed by atoms with van der Waals surface area (Å²) in [5.41, 5.74) is 1.03. The van der Waals surface area contributed by atoms with Crippen molar-refractivity contribution in [1.82, 2.24) is 15.5 Å². The zero-order valence-corrected chi connectivity index (χ0v) is 18.3. The van der Waals surface area contributed by atoms with E-state index in [0.29, 0.717) is 55.1 Å². The van der Waals surface area contributed by atoms with Gasteiger partial charge in [-0.1, -0.05) is 24.3 Å². The number of piperidine rings is 1. The number of ether oxygens (including phenoxy) is 2. The van der Waals surface area contributed by atoms with Gasteiger partial charge in [0.05, 0.1) is 0 Å². The van der Waals surface area contributed by atoms with Crippen molar-refractivity contribution in [3.63, 3.8) is 0 Å². The van der Waals surface area contributed by atoms with Crippen LogP contribution in [0.25, 0.3) is 0 Å². The molecule has 2 heterocycles. The van der Waals surface area contributed by atoms with E-state index >= 15 is 0 Å². The Morgan fingerprint density at radius 1 is 1.03 bits per heavy atom. The number of nitrogens with one attached hydrogen (secondary N) is 2. The van der Waals surface area contributed by atoms with Crippen LogP contribution in [-0.2, 0) is 4.79 Å².